The van der Waals surface area contributed by atoms with E-state index in [1.807, 2.05) is 52.5 Å². The van der Waals surface area contributed by atoms with Gasteiger partial charge in [0.25, 0.3) is 0 Å². The summed E-state index contributed by atoms with van der Waals surface area (Å²) in [6.07, 6.45) is 0. The van der Waals surface area contributed by atoms with Crippen LogP contribution in [0, 0.1) is 0 Å². The number of rotatable bonds is 3. The maximum Gasteiger partial charge on any atom is 0.323 e. The smallest absolute Gasteiger partial charge is 0.323 e. The molecule has 2 amide bonds. The van der Waals surface area contributed by atoms with Gasteiger partial charge in [-0.15, -0.1) is 11.3 Å². The fourth-order valence-electron chi connectivity index (χ4n) is 2.55. The van der Waals surface area contributed by atoms with Crippen LogP contribution in [0.1, 0.15) is 5.56 Å². The fourth-order valence-corrected chi connectivity index (χ4v) is 4.06. The summed E-state index contributed by atoms with van der Waals surface area (Å²) in [7, 11) is 0. The second-order valence-electron chi connectivity index (χ2n) is 5.39. The van der Waals surface area contributed by atoms with E-state index in [-0.39, 0.29) is 6.03 Å². The number of anilines is 4. The highest BCUT2D eigenvalue weighted by molar-refractivity contribution is 7.14. The van der Waals surface area contributed by atoms with Crippen LogP contribution in [-0.2, 0) is 0 Å². The molecule has 4 N–H and O–H groups in total. The van der Waals surface area contributed by atoms with Crippen LogP contribution in [-0.4, -0.2) is 18.5 Å². The van der Waals surface area contributed by atoms with Crippen molar-refractivity contribution in [3.8, 4) is 0 Å². The highest BCUT2D eigenvalue weighted by Gasteiger charge is 2.21. The number of amidine groups is 1. The lowest BCUT2D eigenvalue weighted by molar-refractivity contribution is 0.262. The summed E-state index contributed by atoms with van der Waals surface area (Å²) in [5, 5.41) is 12.5. The van der Waals surface area contributed by atoms with Gasteiger partial charge in [0.2, 0.25) is 0 Å². The monoisotopic (exact) mass is 369 g/mol. The summed E-state index contributed by atoms with van der Waals surface area (Å²) in [5.74, 6) is 0.580. The van der Waals surface area contributed by atoms with Crippen LogP contribution >= 0.6 is 22.7 Å². The fraction of sp³-hybridized carbons (Fsp3) is 0.0588. The molecule has 0 aliphatic carbocycles. The molecule has 4 rings (SSSR count). The Balaban J connectivity index is 1.47. The summed E-state index contributed by atoms with van der Waals surface area (Å²) in [6.45, 7) is 0.491. The van der Waals surface area contributed by atoms with Crippen LogP contribution in [0.2, 0.25) is 0 Å². The van der Waals surface area contributed by atoms with Gasteiger partial charge in [-0.25, -0.2) is 9.79 Å². The summed E-state index contributed by atoms with van der Waals surface area (Å²) < 4.78 is 0. The van der Waals surface area contributed by atoms with Crippen LogP contribution < -0.4 is 21.3 Å². The first-order valence-electron chi connectivity index (χ1n) is 7.56. The minimum Gasteiger partial charge on any atom is -0.383 e. The third-order valence-electron chi connectivity index (χ3n) is 3.76. The van der Waals surface area contributed by atoms with Crippen molar-refractivity contribution in [3.63, 3.8) is 0 Å². The maximum absolute atomic E-state index is 12.0. The van der Waals surface area contributed by atoms with Gasteiger partial charge in [-0.1, -0.05) is 0 Å². The number of aliphatic imine (C=N–C) groups is 1. The molecule has 2 aromatic heterocycles. The summed E-state index contributed by atoms with van der Waals surface area (Å²) in [5.41, 5.74) is 9.42. The zero-order chi connectivity index (χ0) is 17.2. The predicted octanol–water partition coefficient (Wildman–Crippen LogP) is 4.27. The summed E-state index contributed by atoms with van der Waals surface area (Å²) in [6, 6.07) is 11.2. The molecule has 1 aliphatic heterocycles. The van der Waals surface area contributed by atoms with Crippen molar-refractivity contribution in [2.45, 2.75) is 0 Å². The number of nitrogens with one attached hydrogen (secondary N) is 2. The number of hydrogen-bond acceptors (Lipinski definition) is 6. The van der Waals surface area contributed by atoms with Gasteiger partial charge < -0.3 is 21.3 Å². The molecule has 126 valence electrons. The quantitative estimate of drug-likeness (QED) is 0.645. The third-order valence-corrected chi connectivity index (χ3v) is 5.38. The average Bonchev–Trinajstić information content (AvgIpc) is 3.28. The summed E-state index contributed by atoms with van der Waals surface area (Å²) >= 11 is 3.17. The van der Waals surface area contributed by atoms with E-state index >= 15 is 0 Å². The highest BCUT2D eigenvalue weighted by atomic mass is 32.1. The Kier molecular flexibility index (Phi) is 4.12. The second-order valence-corrected chi connectivity index (χ2v) is 7.06. The number of nitrogens with zero attached hydrogens (tertiary/aromatic N) is 2. The second kappa shape index (κ2) is 6.58. The van der Waals surface area contributed by atoms with Crippen LogP contribution in [0.4, 0.5) is 26.9 Å². The first kappa shape index (κ1) is 15.7. The van der Waals surface area contributed by atoms with E-state index in [1.54, 1.807) is 11.3 Å². The number of carbonyl (C=O) groups excluding carboxylic acids is 1. The van der Waals surface area contributed by atoms with Gasteiger partial charge in [0.1, 0.15) is 17.5 Å². The Labute approximate surface area is 152 Å². The Morgan fingerprint density at radius 2 is 1.88 bits per heavy atom. The van der Waals surface area contributed by atoms with Crippen molar-refractivity contribution in [2.75, 3.05) is 22.2 Å². The Morgan fingerprint density at radius 1 is 1.08 bits per heavy atom. The standard InChI is InChI=1S/C17H15N5OS2/c18-15-14-6-8-25-16(14)22(10-19-15)13-3-1-11(2-4-13)20-17(23)21-12-5-7-24-9-12/h1-9H,10H2,(H2,18,19)(H2,20,21,23). The van der Waals surface area contributed by atoms with Gasteiger partial charge in [0, 0.05) is 16.8 Å². The van der Waals surface area contributed by atoms with Crippen molar-refractivity contribution >= 4 is 56.6 Å². The van der Waals surface area contributed by atoms with Crippen LogP contribution in [0.3, 0.4) is 0 Å². The first-order chi connectivity index (χ1) is 12.2. The zero-order valence-electron chi connectivity index (χ0n) is 13.1. The number of hydrogen-bond donors (Lipinski definition) is 3. The molecule has 25 heavy (non-hydrogen) atoms. The molecule has 6 nitrogen and oxygen atoms in total. The number of carbonyl (C=O) groups is 1. The van der Waals surface area contributed by atoms with E-state index in [2.05, 4.69) is 20.5 Å². The number of fused-ring (bicyclic) bond motifs is 1. The molecule has 0 saturated carbocycles. The molecule has 3 heterocycles. The van der Waals surface area contributed by atoms with Gasteiger partial charge >= 0.3 is 6.03 Å². The molecule has 1 aliphatic rings. The van der Waals surface area contributed by atoms with Crippen molar-refractivity contribution in [2.24, 2.45) is 10.7 Å². The van der Waals surface area contributed by atoms with E-state index in [0.29, 0.717) is 12.5 Å². The molecule has 0 fully saturated rings. The molecule has 0 radical (unpaired) electrons. The van der Waals surface area contributed by atoms with Crippen molar-refractivity contribution in [1.29, 1.82) is 0 Å². The van der Waals surface area contributed by atoms with Crippen molar-refractivity contribution in [3.05, 3.63) is 58.1 Å². The zero-order valence-corrected chi connectivity index (χ0v) is 14.7. The Bertz CT molecular complexity index is 915. The van der Waals surface area contributed by atoms with E-state index in [4.69, 9.17) is 5.73 Å². The average molecular weight is 369 g/mol. The molecule has 0 saturated heterocycles. The maximum atomic E-state index is 12.0. The lowest BCUT2D eigenvalue weighted by Crippen LogP contribution is -2.27. The SMILES string of the molecule is NC1=NCN(c2ccc(NC(=O)Nc3ccsc3)cc2)c2sccc21. The topological polar surface area (TPSA) is 82.8 Å². The largest absolute Gasteiger partial charge is 0.383 e. The van der Waals surface area contributed by atoms with Crippen LogP contribution in [0.5, 0.6) is 0 Å². The Morgan fingerprint density at radius 3 is 2.64 bits per heavy atom. The molecule has 0 unspecified atom stereocenters. The van der Waals surface area contributed by atoms with E-state index in [0.717, 1.165) is 27.6 Å². The van der Waals surface area contributed by atoms with Gasteiger partial charge in [-0.2, -0.15) is 11.3 Å². The minimum absolute atomic E-state index is 0.262. The van der Waals surface area contributed by atoms with Crippen LogP contribution in [0.25, 0.3) is 0 Å². The molecular weight excluding hydrogens is 354 g/mol. The number of nitrogens with two attached hydrogens (primary N) is 1. The van der Waals surface area contributed by atoms with E-state index < -0.39 is 0 Å². The van der Waals surface area contributed by atoms with E-state index in [9.17, 15) is 4.79 Å². The lowest BCUT2D eigenvalue weighted by Gasteiger charge is -2.26. The lowest BCUT2D eigenvalue weighted by atomic mass is 10.2. The number of urea groups is 1. The molecule has 0 atom stereocenters. The molecule has 0 bridgehead atoms. The van der Waals surface area contributed by atoms with Crippen molar-refractivity contribution < 1.29 is 4.79 Å². The number of thiophene rings is 2. The highest BCUT2D eigenvalue weighted by Crippen LogP contribution is 2.36. The molecular formula is C17H15N5OS2. The molecule has 1 aromatic carbocycles. The number of benzene rings is 1. The molecule has 8 heteroatoms. The van der Waals surface area contributed by atoms with E-state index in [1.165, 1.54) is 11.3 Å². The number of amides is 2. The van der Waals surface area contributed by atoms with Gasteiger partial charge in [0.15, 0.2) is 0 Å². The van der Waals surface area contributed by atoms with Gasteiger partial charge in [0.05, 0.1) is 11.3 Å². The Hall–Kier alpha value is -2.84. The molecule has 0 spiro atoms. The van der Waals surface area contributed by atoms with Crippen molar-refractivity contribution in [1.82, 2.24) is 0 Å². The van der Waals surface area contributed by atoms with Gasteiger partial charge in [-0.05, 0) is 47.2 Å². The third kappa shape index (κ3) is 3.21. The van der Waals surface area contributed by atoms with Gasteiger partial charge in [-0.3, -0.25) is 0 Å². The minimum atomic E-state index is -0.262. The predicted molar refractivity (Wildman–Crippen MR) is 105 cm³/mol. The van der Waals surface area contributed by atoms with Crippen LogP contribution in [0.15, 0.2) is 57.5 Å². The first-order valence-corrected chi connectivity index (χ1v) is 9.38. The molecule has 3 aromatic rings. The summed E-state index contributed by atoms with van der Waals surface area (Å²) in [4.78, 5) is 18.4. The normalized spacial score (nSPS) is 13.1.